The molecule has 0 aliphatic carbocycles. The zero-order chi connectivity index (χ0) is 38.0. The van der Waals surface area contributed by atoms with Crippen LogP contribution in [0.5, 0.6) is 0 Å². The van der Waals surface area contributed by atoms with Crippen molar-refractivity contribution in [2.75, 3.05) is 4.90 Å². The van der Waals surface area contributed by atoms with Gasteiger partial charge in [0.25, 0.3) is 0 Å². The van der Waals surface area contributed by atoms with Crippen LogP contribution in [0.1, 0.15) is 0 Å². The van der Waals surface area contributed by atoms with Gasteiger partial charge in [-0.25, -0.2) is 0 Å². The maximum atomic E-state index is 2.42. The van der Waals surface area contributed by atoms with Gasteiger partial charge < -0.3 is 4.90 Å². The highest BCUT2D eigenvalue weighted by molar-refractivity contribution is 5.97. The highest BCUT2D eigenvalue weighted by Gasteiger charge is 2.20. The van der Waals surface area contributed by atoms with Gasteiger partial charge in [-0.15, -0.1) is 0 Å². The molecule has 0 radical (unpaired) electrons. The molecule has 0 saturated carbocycles. The minimum atomic E-state index is 1.09. The maximum absolute atomic E-state index is 2.42. The second-order valence-corrected chi connectivity index (χ2v) is 14.6. The summed E-state index contributed by atoms with van der Waals surface area (Å²) in [5.74, 6) is 0. The van der Waals surface area contributed by atoms with Crippen molar-refractivity contribution < 1.29 is 0 Å². The first kappa shape index (κ1) is 34.0. The minimum Gasteiger partial charge on any atom is -0.310 e. The third-order valence-corrected chi connectivity index (χ3v) is 11.1. The first-order valence-electron chi connectivity index (χ1n) is 19.6. The third-order valence-electron chi connectivity index (χ3n) is 11.1. The van der Waals surface area contributed by atoms with Crippen molar-refractivity contribution in [1.29, 1.82) is 0 Å². The Bertz CT molecular complexity index is 2980. The summed E-state index contributed by atoms with van der Waals surface area (Å²) in [6.45, 7) is 0. The van der Waals surface area contributed by atoms with Gasteiger partial charge in [-0.3, -0.25) is 0 Å². The van der Waals surface area contributed by atoms with Crippen LogP contribution in [-0.2, 0) is 0 Å². The van der Waals surface area contributed by atoms with Crippen molar-refractivity contribution in [2.24, 2.45) is 0 Å². The van der Waals surface area contributed by atoms with Gasteiger partial charge in [0.15, 0.2) is 0 Å². The number of fused-ring (bicyclic) bond motifs is 2. The molecule has 0 atom stereocenters. The van der Waals surface area contributed by atoms with Gasteiger partial charge >= 0.3 is 0 Å². The second-order valence-electron chi connectivity index (χ2n) is 14.6. The van der Waals surface area contributed by atoms with Crippen molar-refractivity contribution >= 4 is 38.6 Å². The largest absolute Gasteiger partial charge is 0.310 e. The number of nitrogens with zero attached hydrogens (tertiary/aromatic N) is 1. The van der Waals surface area contributed by atoms with E-state index in [1.165, 1.54) is 77.2 Å². The van der Waals surface area contributed by atoms with Crippen LogP contribution in [0, 0.1) is 0 Å². The Balaban J connectivity index is 1.10. The van der Waals surface area contributed by atoms with E-state index in [-0.39, 0.29) is 0 Å². The molecule has 0 aliphatic rings. The predicted octanol–water partition coefficient (Wildman–Crippen LogP) is 15.8. The van der Waals surface area contributed by atoms with E-state index in [4.69, 9.17) is 0 Å². The Morgan fingerprint density at radius 2 is 0.719 bits per heavy atom. The fourth-order valence-corrected chi connectivity index (χ4v) is 8.13. The highest BCUT2D eigenvalue weighted by Crippen LogP contribution is 2.44. The fraction of sp³-hybridized carbons (Fsp3) is 0. The van der Waals surface area contributed by atoms with E-state index in [0.717, 1.165) is 17.1 Å². The molecule has 0 spiro atoms. The minimum absolute atomic E-state index is 1.09. The van der Waals surface area contributed by atoms with Crippen LogP contribution in [0.3, 0.4) is 0 Å². The number of anilines is 3. The van der Waals surface area contributed by atoms with Gasteiger partial charge in [-0.1, -0.05) is 200 Å². The number of hydrogen-bond donors (Lipinski definition) is 0. The van der Waals surface area contributed by atoms with Gasteiger partial charge in [0, 0.05) is 16.9 Å². The lowest BCUT2D eigenvalue weighted by Gasteiger charge is -2.29. The van der Waals surface area contributed by atoms with Crippen LogP contribution in [-0.4, -0.2) is 0 Å². The molecule has 10 rings (SSSR count). The second kappa shape index (κ2) is 15.0. The summed E-state index contributed by atoms with van der Waals surface area (Å²) in [7, 11) is 0. The van der Waals surface area contributed by atoms with Crippen LogP contribution < -0.4 is 4.90 Å². The first-order valence-corrected chi connectivity index (χ1v) is 19.6. The van der Waals surface area contributed by atoms with Crippen LogP contribution in [0.2, 0.25) is 0 Å². The molecule has 0 aliphatic heterocycles. The molecule has 10 aromatic rings. The van der Waals surface area contributed by atoms with Gasteiger partial charge in [-0.2, -0.15) is 0 Å². The van der Waals surface area contributed by atoms with E-state index >= 15 is 0 Å². The summed E-state index contributed by atoms with van der Waals surface area (Å²) < 4.78 is 0. The lowest BCUT2D eigenvalue weighted by molar-refractivity contribution is 1.28. The Morgan fingerprint density at radius 3 is 1.49 bits per heavy atom. The van der Waals surface area contributed by atoms with Crippen molar-refractivity contribution in [2.45, 2.75) is 0 Å². The van der Waals surface area contributed by atoms with Crippen molar-refractivity contribution in [3.63, 3.8) is 0 Å². The monoisotopic (exact) mass is 725 g/mol. The van der Waals surface area contributed by atoms with E-state index in [9.17, 15) is 0 Å². The molecular weight excluding hydrogens is 687 g/mol. The summed E-state index contributed by atoms with van der Waals surface area (Å²) in [6.07, 6.45) is 0. The van der Waals surface area contributed by atoms with E-state index in [0.29, 0.717) is 0 Å². The number of benzene rings is 10. The molecule has 57 heavy (non-hydrogen) atoms. The Hall–Kier alpha value is -7.48. The molecule has 0 fully saturated rings. The zero-order valence-electron chi connectivity index (χ0n) is 31.5. The van der Waals surface area contributed by atoms with Crippen molar-refractivity contribution in [3.8, 4) is 55.6 Å². The molecule has 268 valence electrons. The Labute approximate surface area is 334 Å². The fourth-order valence-electron chi connectivity index (χ4n) is 8.13. The Kier molecular flexibility index (Phi) is 8.95. The van der Waals surface area contributed by atoms with Crippen LogP contribution in [0.15, 0.2) is 237 Å². The molecule has 0 heterocycles. The van der Waals surface area contributed by atoms with E-state index in [1.54, 1.807) is 0 Å². The normalized spacial score (nSPS) is 11.2. The first-order chi connectivity index (χ1) is 28.2. The maximum Gasteiger partial charge on any atom is 0.0546 e. The predicted molar refractivity (Wildman–Crippen MR) is 243 cm³/mol. The smallest absolute Gasteiger partial charge is 0.0546 e. The lowest BCUT2D eigenvalue weighted by atomic mass is 9.95. The van der Waals surface area contributed by atoms with Crippen LogP contribution in [0.4, 0.5) is 17.1 Å². The average Bonchev–Trinajstić information content (AvgIpc) is 3.30. The van der Waals surface area contributed by atoms with Gasteiger partial charge in [0.1, 0.15) is 0 Å². The van der Waals surface area contributed by atoms with E-state index in [2.05, 4.69) is 241 Å². The van der Waals surface area contributed by atoms with Crippen LogP contribution in [0.25, 0.3) is 77.2 Å². The topological polar surface area (TPSA) is 3.24 Å². The molecule has 0 N–H and O–H groups in total. The molecule has 0 aromatic heterocycles. The molecular formula is C56H39N. The van der Waals surface area contributed by atoms with Gasteiger partial charge in [-0.05, 0) is 108 Å². The summed E-state index contributed by atoms with van der Waals surface area (Å²) in [4.78, 5) is 2.42. The van der Waals surface area contributed by atoms with E-state index < -0.39 is 0 Å². The number of hydrogen-bond acceptors (Lipinski definition) is 1. The Morgan fingerprint density at radius 1 is 0.228 bits per heavy atom. The van der Waals surface area contributed by atoms with E-state index in [1.807, 2.05) is 0 Å². The average molecular weight is 726 g/mol. The highest BCUT2D eigenvalue weighted by atomic mass is 15.1. The lowest BCUT2D eigenvalue weighted by Crippen LogP contribution is -2.11. The third kappa shape index (κ3) is 6.77. The zero-order valence-corrected chi connectivity index (χ0v) is 31.5. The van der Waals surface area contributed by atoms with Crippen LogP contribution >= 0.6 is 0 Å². The molecule has 0 bridgehead atoms. The summed E-state index contributed by atoms with van der Waals surface area (Å²) >= 11 is 0. The van der Waals surface area contributed by atoms with Crippen molar-refractivity contribution in [3.05, 3.63) is 237 Å². The molecule has 10 aromatic carbocycles. The SMILES string of the molecule is c1ccc(-c2cccc(N(c3ccc(-c4ccc(-c5cccc6ccccc56)cc4)cc3)c3cc(-c4ccc5ccccc5c4)ccc3-c3ccccc3)c2)cc1. The molecule has 1 nitrogen and oxygen atoms in total. The number of rotatable bonds is 8. The molecule has 0 saturated heterocycles. The molecule has 0 amide bonds. The molecule has 1 heteroatoms. The summed E-state index contributed by atoms with van der Waals surface area (Å²) in [6, 6.07) is 85.7. The summed E-state index contributed by atoms with van der Waals surface area (Å²) in [5.41, 5.74) is 15.2. The summed E-state index contributed by atoms with van der Waals surface area (Å²) in [5, 5.41) is 5.00. The standard InChI is InChI=1S/C56H39N/c1-3-13-40(14-4-1)48-21-11-22-52(38-48)57(51-34-31-43(32-35-51)42-25-28-46(29-26-42)54-24-12-20-44-18-9-10-23-53(44)54)56-39-50(33-36-55(56)45-16-5-2-6-17-45)49-30-27-41-15-7-8-19-47(41)37-49/h1-39H. The quantitative estimate of drug-likeness (QED) is 0.151. The van der Waals surface area contributed by atoms with Gasteiger partial charge in [0.2, 0.25) is 0 Å². The van der Waals surface area contributed by atoms with Crippen molar-refractivity contribution in [1.82, 2.24) is 0 Å². The molecule has 0 unspecified atom stereocenters. The van der Waals surface area contributed by atoms with Gasteiger partial charge in [0.05, 0.1) is 5.69 Å².